The summed E-state index contributed by atoms with van der Waals surface area (Å²) < 4.78 is 32.8. The first-order valence-electron chi connectivity index (χ1n) is 11.4. The lowest BCUT2D eigenvalue weighted by Crippen LogP contribution is -2.35. The van der Waals surface area contributed by atoms with Crippen molar-refractivity contribution in [3.8, 4) is 0 Å². The number of benzene rings is 3. The summed E-state index contributed by atoms with van der Waals surface area (Å²) in [4.78, 5) is 29.5. The topological polar surface area (TPSA) is 84.0 Å². The summed E-state index contributed by atoms with van der Waals surface area (Å²) in [5.74, 6) is -1.14. The molecule has 2 heterocycles. The number of carbonyl (C=O) groups excluding carboxylic acids is 2. The number of piperidine rings is 1. The summed E-state index contributed by atoms with van der Waals surface area (Å²) in [5.41, 5.74) is 1.55. The van der Waals surface area contributed by atoms with E-state index in [1.165, 1.54) is 28.6 Å². The van der Waals surface area contributed by atoms with Crippen molar-refractivity contribution in [3.63, 3.8) is 0 Å². The van der Waals surface area contributed by atoms with Gasteiger partial charge in [-0.1, -0.05) is 48.5 Å². The fourth-order valence-electron chi connectivity index (χ4n) is 4.29. The zero-order valence-electron chi connectivity index (χ0n) is 18.9. The number of esters is 1. The molecule has 0 N–H and O–H groups in total. The monoisotopic (exact) mass is 508 g/mol. The third kappa shape index (κ3) is 4.71. The average Bonchev–Trinajstić information content (AvgIpc) is 2.90. The minimum absolute atomic E-state index is 0.0519. The van der Waals surface area contributed by atoms with Crippen LogP contribution in [-0.4, -0.2) is 44.3 Å². The largest absolute Gasteiger partial charge is 0.452 e. The zero-order valence-corrected chi connectivity index (χ0v) is 20.6. The molecule has 35 heavy (non-hydrogen) atoms. The third-order valence-electron chi connectivity index (χ3n) is 6.03. The van der Waals surface area contributed by atoms with Crippen molar-refractivity contribution in [1.29, 1.82) is 0 Å². The lowest BCUT2D eigenvalue weighted by atomic mass is 10.2. The maximum Gasteiger partial charge on any atom is 0.338 e. The van der Waals surface area contributed by atoms with Gasteiger partial charge in [0.05, 0.1) is 21.8 Å². The van der Waals surface area contributed by atoms with Gasteiger partial charge >= 0.3 is 5.97 Å². The van der Waals surface area contributed by atoms with Gasteiger partial charge < -0.3 is 4.74 Å². The second kappa shape index (κ2) is 9.85. The maximum absolute atomic E-state index is 13.2. The van der Waals surface area contributed by atoms with Crippen LogP contribution in [0.25, 0.3) is 0 Å². The second-order valence-corrected chi connectivity index (χ2v) is 11.4. The van der Waals surface area contributed by atoms with Crippen molar-refractivity contribution < 1.29 is 22.7 Å². The van der Waals surface area contributed by atoms with Crippen LogP contribution in [0.5, 0.6) is 0 Å². The van der Waals surface area contributed by atoms with Crippen LogP contribution >= 0.6 is 11.8 Å². The summed E-state index contributed by atoms with van der Waals surface area (Å²) in [5, 5.41) is 0. The van der Waals surface area contributed by atoms with Crippen molar-refractivity contribution in [2.45, 2.75) is 33.9 Å². The van der Waals surface area contributed by atoms with E-state index in [9.17, 15) is 18.0 Å². The Hall–Kier alpha value is -3.14. The number of carbonyl (C=O) groups is 2. The predicted octanol–water partition coefficient (Wildman–Crippen LogP) is 4.85. The fraction of sp³-hybridized carbons (Fsp3) is 0.231. The van der Waals surface area contributed by atoms with Crippen LogP contribution in [-0.2, 0) is 19.6 Å². The zero-order chi connectivity index (χ0) is 24.4. The molecular weight excluding hydrogens is 484 g/mol. The van der Waals surface area contributed by atoms with Crippen LogP contribution in [0.4, 0.5) is 11.4 Å². The van der Waals surface area contributed by atoms with E-state index < -0.39 is 28.5 Å². The van der Waals surface area contributed by atoms with Crippen LogP contribution in [0.1, 0.15) is 29.6 Å². The molecule has 5 rings (SSSR count). The lowest BCUT2D eigenvalue weighted by molar-refractivity contribution is -0.121. The Bertz CT molecular complexity index is 1340. The molecule has 0 aromatic heterocycles. The number of hydrogen-bond donors (Lipinski definition) is 0. The summed E-state index contributed by atoms with van der Waals surface area (Å²) in [6, 6.07) is 20.9. The smallest absolute Gasteiger partial charge is 0.338 e. The molecule has 0 saturated carbocycles. The van der Waals surface area contributed by atoms with E-state index in [1.807, 2.05) is 48.5 Å². The van der Waals surface area contributed by atoms with E-state index in [0.29, 0.717) is 13.1 Å². The molecule has 1 amide bonds. The standard InChI is InChI=1S/C26H24N2O5S2/c29-25(28-21-11-2-4-13-23(21)34-24-14-5-3-12-22(24)28)18-33-26(30)19-9-8-10-20(17-19)35(31,32)27-15-6-1-7-16-27/h2-5,8-14,17H,1,6-7,15-16,18H2. The van der Waals surface area contributed by atoms with E-state index >= 15 is 0 Å². The Balaban J connectivity index is 1.33. The molecule has 0 bridgehead atoms. The highest BCUT2D eigenvalue weighted by Crippen LogP contribution is 2.47. The van der Waals surface area contributed by atoms with Gasteiger partial charge in [-0.3, -0.25) is 9.69 Å². The quantitative estimate of drug-likeness (QED) is 0.458. The van der Waals surface area contributed by atoms with Gasteiger partial charge in [-0.25, -0.2) is 13.2 Å². The van der Waals surface area contributed by atoms with Gasteiger partial charge in [0, 0.05) is 22.9 Å². The van der Waals surface area contributed by atoms with E-state index in [4.69, 9.17) is 4.74 Å². The first-order valence-corrected chi connectivity index (χ1v) is 13.7. The third-order valence-corrected chi connectivity index (χ3v) is 9.06. The maximum atomic E-state index is 13.2. The molecule has 3 aromatic rings. The Morgan fingerprint density at radius 1 is 0.829 bits per heavy atom. The number of hydrogen-bond acceptors (Lipinski definition) is 6. The first-order chi connectivity index (χ1) is 16.9. The van der Waals surface area contributed by atoms with Gasteiger partial charge in [0.25, 0.3) is 5.91 Å². The molecule has 2 aliphatic rings. The van der Waals surface area contributed by atoms with Crippen LogP contribution < -0.4 is 4.90 Å². The Morgan fingerprint density at radius 3 is 2.11 bits per heavy atom. The molecule has 1 saturated heterocycles. The Kier molecular flexibility index (Phi) is 6.64. The fourth-order valence-corrected chi connectivity index (χ4v) is 6.91. The molecular formula is C26H24N2O5S2. The number of anilines is 2. The normalized spacial score (nSPS) is 15.7. The molecule has 0 spiro atoms. The number of amides is 1. The van der Waals surface area contributed by atoms with Gasteiger partial charge in [0.2, 0.25) is 10.0 Å². The molecule has 7 nitrogen and oxygen atoms in total. The molecule has 2 aliphatic heterocycles. The van der Waals surface area contributed by atoms with Crippen molar-refractivity contribution in [2.24, 2.45) is 0 Å². The van der Waals surface area contributed by atoms with Crippen molar-refractivity contribution in [3.05, 3.63) is 78.4 Å². The summed E-state index contributed by atoms with van der Waals surface area (Å²) in [6.07, 6.45) is 2.66. The molecule has 0 radical (unpaired) electrons. The van der Waals surface area contributed by atoms with Crippen molar-refractivity contribution in [2.75, 3.05) is 24.6 Å². The van der Waals surface area contributed by atoms with E-state index in [0.717, 1.165) is 40.4 Å². The van der Waals surface area contributed by atoms with Gasteiger partial charge in [0.1, 0.15) is 0 Å². The second-order valence-electron chi connectivity index (χ2n) is 8.34. The molecule has 1 fully saturated rings. The minimum atomic E-state index is -3.69. The number of sulfonamides is 1. The highest BCUT2D eigenvalue weighted by molar-refractivity contribution is 7.99. The van der Waals surface area contributed by atoms with Gasteiger partial charge in [-0.05, 0) is 55.3 Å². The van der Waals surface area contributed by atoms with Crippen LogP contribution in [0, 0.1) is 0 Å². The lowest BCUT2D eigenvalue weighted by Gasteiger charge is -2.30. The molecule has 0 unspecified atom stereocenters. The number of para-hydroxylation sites is 2. The van der Waals surface area contributed by atoms with Crippen molar-refractivity contribution in [1.82, 2.24) is 4.31 Å². The summed E-state index contributed by atoms with van der Waals surface area (Å²) in [6.45, 7) is 0.473. The molecule has 0 atom stereocenters. The average molecular weight is 509 g/mol. The van der Waals surface area contributed by atoms with Gasteiger partial charge in [-0.2, -0.15) is 4.31 Å². The van der Waals surface area contributed by atoms with E-state index in [2.05, 4.69) is 0 Å². The number of nitrogens with zero attached hydrogens (tertiary/aromatic N) is 2. The first kappa shape index (κ1) is 23.6. The predicted molar refractivity (Wildman–Crippen MR) is 133 cm³/mol. The SMILES string of the molecule is O=C(OCC(=O)N1c2ccccc2Sc2ccccc21)c1cccc(S(=O)(=O)N2CCCCC2)c1. The highest BCUT2D eigenvalue weighted by Gasteiger charge is 2.29. The number of fused-ring (bicyclic) bond motifs is 2. The van der Waals surface area contributed by atoms with Crippen molar-refractivity contribution >= 4 is 45.0 Å². The Morgan fingerprint density at radius 2 is 1.46 bits per heavy atom. The van der Waals surface area contributed by atoms with E-state index in [1.54, 1.807) is 16.7 Å². The molecule has 180 valence electrons. The van der Waals surface area contributed by atoms with Crippen LogP contribution in [0.15, 0.2) is 87.5 Å². The number of ether oxygens (including phenoxy) is 1. The molecule has 9 heteroatoms. The van der Waals surface area contributed by atoms with E-state index in [-0.39, 0.29) is 10.5 Å². The highest BCUT2D eigenvalue weighted by atomic mass is 32.2. The summed E-state index contributed by atoms with van der Waals surface area (Å²) in [7, 11) is -3.69. The van der Waals surface area contributed by atoms with Crippen LogP contribution in [0.2, 0.25) is 0 Å². The van der Waals surface area contributed by atoms with Gasteiger partial charge in [0.15, 0.2) is 6.61 Å². The molecule has 0 aliphatic carbocycles. The molecule has 3 aromatic carbocycles. The minimum Gasteiger partial charge on any atom is -0.452 e. The van der Waals surface area contributed by atoms with Gasteiger partial charge in [-0.15, -0.1) is 0 Å². The number of rotatable bonds is 5. The summed E-state index contributed by atoms with van der Waals surface area (Å²) >= 11 is 1.58. The van der Waals surface area contributed by atoms with Crippen LogP contribution in [0.3, 0.4) is 0 Å². The Labute approximate surface area is 208 Å².